The van der Waals surface area contributed by atoms with Crippen molar-refractivity contribution < 1.29 is 9.18 Å². The molecule has 0 aliphatic heterocycles. The van der Waals surface area contributed by atoms with Gasteiger partial charge in [-0.1, -0.05) is 42.1 Å². The molecule has 0 bridgehead atoms. The lowest BCUT2D eigenvalue weighted by Gasteiger charge is -2.16. The zero-order valence-electron chi connectivity index (χ0n) is 18.6. The molecule has 33 heavy (non-hydrogen) atoms. The highest BCUT2D eigenvalue weighted by Crippen LogP contribution is 2.23. The van der Waals surface area contributed by atoms with E-state index in [1.165, 1.54) is 23.9 Å². The summed E-state index contributed by atoms with van der Waals surface area (Å²) >= 11 is 1.21. The molecule has 0 aliphatic rings. The number of hydrogen-bond acceptors (Lipinski definition) is 4. The molecule has 1 atom stereocenters. The first kappa shape index (κ1) is 22.7. The van der Waals surface area contributed by atoms with Crippen molar-refractivity contribution >= 4 is 28.6 Å². The van der Waals surface area contributed by atoms with Crippen molar-refractivity contribution in [1.82, 2.24) is 14.9 Å². The molecule has 0 radical (unpaired) electrons. The van der Waals surface area contributed by atoms with Gasteiger partial charge in [0.2, 0.25) is 5.91 Å². The third-order valence-electron chi connectivity index (χ3n) is 5.57. The van der Waals surface area contributed by atoms with E-state index in [0.717, 1.165) is 16.7 Å². The maximum absolute atomic E-state index is 13.4. The summed E-state index contributed by atoms with van der Waals surface area (Å²) < 4.78 is 14.7. The van der Waals surface area contributed by atoms with Crippen molar-refractivity contribution in [3.05, 3.63) is 99.6 Å². The van der Waals surface area contributed by atoms with Gasteiger partial charge < -0.3 is 5.32 Å². The second-order valence-corrected chi connectivity index (χ2v) is 8.89. The Balaban J connectivity index is 1.62. The number of aromatic nitrogens is 2. The number of benzene rings is 3. The van der Waals surface area contributed by atoms with Gasteiger partial charge >= 0.3 is 0 Å². The highest BCUT2D eigenvalue weighted by Gasteiger charge is 2.16. The predicted molar refractivity (Wildman–Crippen MR) is 130 cm³/mol. The molecular weight excluding hydrogens is 437 g/mol. The summed E-state index contributed by atoms with van der Waals surface area (Å²) in [6.45, 7) is 5.85. The molecule has 5 nitrogen and oxygen atoms in total. The van der Waals surface area contributed by atoms with Crippen LogP contribution >= 0.6 is 11.8 Å². The fraction of sp³-hybridized carbons (Fsp3) is 0.192. The SMILES string of the molecule is Cc1ccc(-n2c(SCC(=O)NC(C)c3ccc(F)cc3)nc3ccccc3c2=O)cc1C. The number of carbonyl (C=O) groups excluding carboxylic acids is 1. The van der Waals surface area contributed by atoms with Crippen LogP contribution in [-0.4, -0.2) is 21.2 Å². The van der Waals surface area contributed by atoms with E-state index >= 15 is 0 Å². The number of carbonyl (C=O) groups is 1. The normalized spacial score (nSPS) is 12.0. The molecule has 3 aromatic carbocycles. The number of aryl methyl sites for hydroxylation is 2. The molecule has 7 heteroatoms. The number of fused-ring (bicyclic) bond motifs is 1. The molecule has 1 unspecified atom stereocenters. The molecule has 0 aliphatic carbocycles. The van der Waals surface area contributed by atoms with E-state index in [2.05, 4.69) is 10.3 Å². The van der Waals surface area contributed by atoms with Crippen LogP contribution in [0.5, 0.6) is 0 Å². The van der Waals surface area contributed by atoms with Crippen LogP contribution in [0.15, 0.2) is 76.7 Å². The third-order valence-corrected chi connectivity index (χ3v) is 6.51. The van der Waals surface area contributed by atoms with Crippen molar-refractivity contribution in [3.63, 3.8) is 0 Å². The number of thioether (sulfide) groups is 1. The van der Waals surface area contributed by atoms with Gasteiger partial charge in [-0.25, -0.2) is 9.37 Å². The minimum atomic E-state index is -0.320. The predicted octanol–water partition coefficient (Wildman–Crippen LogP) is 5.11. The van der Waals surface area contributed by atoms with Crippen LogP contribution in [-0.2, 0) is 4.79 Å². The molecule has 0 fully saturated rings. The monoisotopic (exact) mass is 461 g/mol. The Morgan fingerprint density at radius 1 is 1.06 bits per heavy atom. The Morgan fingerprint density at radius 2 is 1.79 bits per heavy atom. The van der Waals surface area contributed by atoms with E-state index in [4.69, 9.17) is 0 Å². The smallest absolute Gasteiger partial charge is 0.266 e. The van der Waals surface area contributed by atoms with Gasteiger partial charge in [0.25, 0.3) is 5.56 Å². The number of rotatable bonds is 6. The van der Waals surface area contributed by atoms with Crippen molar-refractivity contribution in [2.24, 2.45) is 0 Å². The Morgan fingerprint density at radius 3 is 2.52 bits per heavy atom. The zero-order valence-corrected chi connectivity index (χ0v) is 19.4. The molecule has 4 aromatic rings. The number of nitrogens with one attached hydrogen (secondary N) is 1. The number of hydrogen-bond donors (Lipinski definition) is 1. The largest absolute Gasteiger partial charge is 0.349 e. The van der Waals surface area contributed by atoms with Gasteiger partial charge in [0.1, 0.15) is 5.82 Å². The summed E-state index contributed by atoms with van der Waals surface area (Å²) in [4.78, 5) is 30.7. The van der Waals surface area contributed by atoms with Crippen LogP contribution in [0.4, 0.5) is 4.39 Å². The van der Waals surface area contributed by atoms with Gasteiger partial charge in [0, 0.05) is 0 Å². The van der Waals surface area contributed by atoms with Crippen LogP contribution in [0, 0.1) is 19.7 Å². The summed E-state index contributed by atoms with van der Waals surface area (Å²) in [6, 6.07) is 18.8. The molecule has 1 heterocycles. The second kappa shape index (κ2) is 9.58. The van der Waals surface area contributed by atoms with Gasteiger partial charge in [0.05, 0.1) is 28.4 Å². The molecule has 0 saturated carbocycles. The van der Waals surface area contributed by atoms with E-state index in [0.29, 0.717) is 21.7 Å². The van der Waals surface area contributed by atoms with Crippen LogP contribution in [0.25, 0.3) is 16.6 Å². The van der Waals surface area contributed by atoms with Crippen LogP contribution in [0.1, 0.15) is 29.7 Å². The van der Waals surface area contributed by atoms with Crippen LogP contribution in [0.3, 0.4) is 0 Å². The molecule has 1 N–H and O–H groups in total. The number of nitrogens with zero attached hydrogens (tertiary/aromatic N) is 2. The Kier molecular flexibility index (Phi) is 6.60. The Labute approximate surface area is 195 Å². The number of para-hydroxylation sites is 1. The lowest BCUT2D eigenvalue weighted by molar-refractivity contribution is -0.119. The first-order valence-electron chi connectivity index (χ1n) is 10.6. The Hall–Kier alpha value is -3.45. The van der Waals surface area contributed by atoms with Gasteiger partial charge in [-0.15, -0.1) is 0 Å². The number of halogens is 1. The van der Waals surface area contributed by atoms with Crippen molar-refractivity contribution in [1.29, 1.82) is 0 Å². The van der Waals surface area contributed by atoms with E-state index in [-0.39, 0.29) is 29.1 Å². The molecule has 0 saturated heterocycles. The topological polar surface area (TPSA) is 64.0 Å². The van der Waals surface area contributed by atoms with Crippen molar-refractivity contribution in [2.45, 2.75) is 32.0 Å². The maximum atomic E-state index is 13.4. The van der Waals surface area contributed by atoms with E-state index in [1.807, 2.05) is 51.1 Å². The van der Waals surface area contributed by atoms with Crippen LogP contribution < -0.4 is 10.9 Å². The standard InChI is InChI=1S/C26H24FN3O2S/c1-16-8-13-21(14-17(16)2)30-25(32)22-6-4-5-7-23(22)29-26(30)33-15-24(31)28-18(3)19-9-11-20(27)12-10-19/h4-14,18H,15H2,1-3H3,(H,28,31). The first-order chi connectivity index (χ1) is 15.8. The van der Waals surface area contributed by atoms with E-state index in [1.54, 1.807) is 28.8 Å². The summed E-state index contributed by atoms with van der Waals surface area (Å²) in [5.41, 5.74) is 4.13. The highest BCUT2D eigenvalue weighted by molar-refractivity contribution is 7.99. The van der Waals surface area contributed by atoms with Gasteiger partial charge in [-0.2, -0.15) is 0 Å². The van der Waals surface area contributed by atoms with Crippen LogP contribution in [0.2, 0.25) is 0 Å². The molecule has 0 spiro atoms. The minimum Gasteiger partial charge on any atom is -0.349 e. The maximum Gasteiger partial charge on any atom is 0.266 e. The van der Waals surface area contributed by atoms with E-state index in [9.17, 15) is 14.0 Å². The molecule has 1 aromatic heterocycles. The van der Waals surface area contributed by atoms with Gasteiger partial charge in [-0.05, 0) is 73.9 Å². The number of amides is 1. The van der Waals surface area contributed by atoms with Gasteiger partial charge in [-0.3, -0.25) is 14.2 Å². The summed E-state index contributed by atoms with van der Waals surface area (Å²) in [5.74, 6) is -0.438. The minimum absolute atomic E-state index is 0.0845. The lowest BCUT2D eigenvalue weighted by atomic mass is 10.1. The molecule has 1 amide bonds. The average Bonchev–Trinajstić information content (AvgIpc) is 2.80. The fourth-order valence-corrected chi connectivity index (χ4v) is 4.37. The first-order valence-corrected chi connectivity index (χ1v) is 11.6. The zero-order chi connectivity index (χ0) is 23.5. The van der Waals surface area contributed by atoms with E-state index < -0.39 is 0 Å². The highest BCUT2D eigenvalue weighted by atomic mass is 32.2. The van der Waals surface area contributed by atoms with Crippen molar-refractivity contribution in [3.8, 4) is 5.69 Å². The Bertz CT molecular complexity index is 1380. The summed E-state index contributed by atoms with van der Waals surface area (Å²) in [7, 11) is 0. The molecule has 4 rings (SSSR count). The summed E-state index contributed by atoms with van der Waals surface area (Å²) in [5, 5.41) is 3.89. The van der Waals surface area contributed by atoms with Crippen molar-refractivity contribution in [2.75, 3.05) is 5.75 Å². The average molecular weight is 462 g/mol. The molecular formula is C26H24FN3O2S. The summed E-state index contributed by atoms with van der Waals surface area (Å²) in [6.07, 6.45) is 0. The quantitative estimate of drug-likeness (QED) is 0.320. The van der Waals surface area contributed by atoms with Gasteiger partial charge in [0.15, 0.2) is 5.16 Å². The third kappa shape index (κ3) is 4.98. The second-order valence-electron chi connectivity index (χ2n) is 7.95. The fourth-order valence-electron chi connectivity index (χ4n) is 3.55. The molecule has 168 valence electrons. The lowest BCUT2D eigenvalue weighted by Crippen LogP contribution is -2.29.